The van der Waals surface area contributed by atoms with Gasteiger partial charge in [0.05, 0.1) is 18.1 Å². The first-order valence-corrected chi connectivity index (χ1v) is 10.2. The zero-order valence-electron chi connectivity index (χ0n) is 15.8. The fourth-order valence-corrected chi connectivity index (χ4v) is 4.35. The van der Waals surface area contributed by atoms with E-state index in [4.69, 9.17) is 15.2 Å². The van der Waals surface area contributed by atoms with E-state index >= 15 is 0 Å². The average molecular weight is 391 g/mol. The Morgan fingerprint density at radius 2 is 1.37 bits per heavy atom. The second-order valence-corrected chi connectivity index (χ2v) is 8.64. The molecule has 1 atom stereocenters. The van der Waals surface area contributed by atoms with Crippen LogP contribution in [0.3, 0.4) is 0 Å². The molecule has 7 heteroatoms. The molecule has 0 aliphatic rings. The van der Waals surface area contributed by atoms with Crippen molar-refractivity contribution in [2.45, 2.75) is 36.8 Å². The molecule has 27 heavy (non-hydrogen) atoms. The Labute approximate surface area is 160 Å². The van der Waals surface area contributed by atoms with Crippen molar-refractivity contribution >= 4 is 15.7 Å². The van der Waals surface area contributed by atoms with E-state index in [9.17, 15) is 13.2 Å². The van der Waals surface area contributed by atoms with E-state index < -0.39 is 20.5 Å². The predicted molar refractivity (Wildman–Crippen MR) is 104 cm³/mol. The molecule has 2 aromatic rings. The number of carbonyl (C=O) groups is 1. The van der Waals surface area contributed by atoms with Crippen molar-refractivity contribution in [3.05, 3.63) is 54.1 Å². The minimum Gasteiger partial charge on any atom is -0.494 e. The lowest BCUT2D eigenvalue weighted by molar-refractivity contribution is -0.120. The normalized spacial score (nSPS) is 13.6. The molecule has 0 bridgehead atoms. The van der Waals surface area contributed by atoms with Crippen LogP contribution in [0.5, 0.6) is 11.5 Å². The first-order valence-electron chi connectivity index (χ1n) is 8.73. The van der Waals surface area contributed by atoms with Crippen LogP contribution in [0.15, 0.2) is 53.4 Å². The van der Waals surface area contributed by atoms with Crippen molar-refractivity contribution in [3.8, 4) is 11.5 Å². The standard InChI is InChI=1S/C20H25NO5S/c1-4-25-16-8-6-15(7-9-16)14-20(3,19(21)22)27(23,24)18-12-10-17(11-13-18)26-5-2/h6-13H,4-5,14H2,1-3H3,(H2,21,22). The lowest BCUT2D eigenvalue weighted by Crippen LogP contribution is -2.49. The van der Waals surface area contributed by atoms with E-state index in [2.05, 4.69) is 0 Å². The Kier molecular flexibility index (Phi) is 6.49. The van der Waals surface area contributed by atoms with Gasteiger partial charge < -0.3 is 15.2 Å². The second-order valence-electron chi connectivity index (χ2n) is 6.26. The molecule has 0 radical (unpaired) electrons. The van der Waals surface area contributed by atoms with E-state index in [0.717, 1.165) is 0 Å². The number of rotatable bonds is 9. The van der Waals surface area contributed by atoms with Crippen LogP contribution in [0.25, 0.3) is 0 Å². The molecule has 0 aliphatic heterocycles. The highest BCUT2D eigenvalue weighted by Crippen LogP contribution is 2.31. The SMILES string of the molecule is CCOc1ccc(CC(C)(C(N)=O)S(=O)(=O)c2ccc(OCC)cc2)cc1. The van der Waals surface area contributed by atoms with Gasteiger partial charge in [0.1, 0.15) is 11.5 Å². The summed E-state index contributed by atoms with van der Waals surface area (Å²) in [5.74, 6) is 0.338. The summed E-state index contributed by atoms with van der Waals surface area (Å²) in [6.07, 6.45) is -0.0374. The van der Waals surface area contributed by atoms with Crippen LogP contribution in [0.4, 0.5) is 0 Å². The molecule has 2 N–H and O–H groups in total. The third-order valence-electron chi connectivity index (χ3n) is 4.34. The van der Waals surface area contributed by atoms with Crippen LogP contribution in [0, 0.1) is 0 Å². The molecule has 0 heterocycles. The molecule has 1 unspecified atom stereocenters. The molecule has 146 valence electrons. The molecule has 2 rings (SSSR count). The number of primary amides is 1. The Bertz CT molecular complexity index is 876. The number of sulfone groups is 1. The highest BCUT2D eigenvalue weighted by atomic mass is 32.2. The van der Waals surface area contributed by atoms with E-state index in [1.54, 1.807) is 36.4 Å². The van der Waals surface area contributed by atoms with Crippen molar-refractivity contribution in [3.63, 3.8) is 0 Å². The van der Waals surface area contributed by atoms with E-state index in [1.165, 1.54) is 19.1 Å². The van der Waals surface area contributed by atoms with Crippen LogP contribution in [0.2, 0.25) is 0 Å². The van der Waals surface area contributed by atoms with Gasteiger partial charge >= 0.3 is 0 Å². The van der Waals surface area contributed by atoms with Gasteiger partial charge in [0, 0.05) is 6.42 Å². The van der Waals surface area contributed by atoms with Gasteiger partial charge in [-0.15, -0.1) is 0 Å². The molecule has 0 spiro atoms. The first kappa shape index (κ1) is 20.8. The van der Waals surface area contributed by atoms with Crippen LogP contribution in [-0.4, -0.2) is 32.3 Å². The predicted octanol–water partition coefficient (Wildman–Crippen LogP) is 2.74. The van der Waals surface area contributed by atoms with E-state index in [1.807, 2.05) is 13.8 Å². The Morgan fingerprint density at radius 1 is 0.926 bits per heavy atom. The lowest BCUT2D eigenvalue weighted by atomic mass is 9.99. The van der Waals surface area contributed by atoms with Crippen LogP contribution < -0.4 is 15.2 Å². The van der Waals surface area contributed by atoms with Gasteiger partial charge in [-0.3, -0.25) is 4.79 Å². The number of nitrogens with two attached hydrogens (primary N) is 1. The minimum absolute atomic E-state index is 0.0261. The molecule has 1 amide bonds. The van der Waals surface area contributed by atoms with Crippen molar-refractivity contribution < 1.29 is 22.7 Å². The zero-order chi connectivity index (χ0) is 20.1. The molecule has 0 aromatic heterocycles. The summed E-state index contributed by atoms with van der Waals surface area (Å²) < 4.78 is 35.3. The molecular weight excluding hydrogens is 366 g/mol. The lowest BCUT2D eigenvalue weighted by Gasteiger charge is -2.26. The maximum Gasteiger partial charge on any atom is 0.239 e. The van der Waals surface area contributed by atoms with Gasteiger partial charge in [-0.25, -0.2) is 8.42 Å². The average Bonchev–Trinajstić information content (AvgIpc) is 2.64. The number of hydrogen-bond acceptors (Lipinski definition) is 5. The molecule has 0 aliphatic carbocycles. The minimum atomic E-state index is -4.01. The molecule has 0 saturated heterocycles. The monoisotopic (exact) mass is 391 g/mol. The topological polar surface area (TPSA) is 95.7 Å². The van der Waals surface area contributed by atoms with Crippen LogP contribution in [0.1, 0.15) is 26.3 Å². The van der Waals surface area contributed by atoms with Gasteiger partial charge in [0.2, 0.25) is 5.91 Å². The quantitative estimate of drug-likeness (QED) is 0.709. The highest BCUT2D eigenvalue weighted by Gasteiger charge is 2.45. The van der Waals surface area contributed by atoms with Crippen molar-refractivity contribution in [2.24, 2.45) is 5.73 Å². The molecule has 6 nitrogen and oxygen atoms in total. The van der Waals surface area contributed by atoms with Crippen molar-refractivity contribution in [1.82, 2.24) is 0 Å². The maximum absolute atomic E-state index is 13.2. The number of carbonyl (C=O) groups excluding carboxylic acids is 1. The van der Waals surface area contributed by atoms with E-state index in [-0.39, 0.29) is 11.3 Å². The van der Waals surface area contributed by atoms with Gasteiger partial charge in [0.25, 0.3) is 0 Å². The fraction of sp³-hybridized carbons (Fsp3) is 0.350. The Balaban J connectivity index is 2.36. The molecule has 0 saturated carbocycles. The Hall–Kier alpha value is -2.54. The highest BCUT2D eigenvalue weighted by molar-refractivity contribution is 7.93. The van der Waals surface area contributed by atoms with Crippen LogP contribution >= 0.6 is 0 Å². The van der Waals surface area contributed by atoms with Gasteiger partial charge in [-0.05, 0) is 62.7 Å². The van der Waals surface area contributed by atoms with Crippen molar-refractivity contribution in [2.75, 3.05) is 13.2 Å². The summed E-state index contributed by atoms with van der Waals surface area (Å²) in [6.45, 7) is 6.08. The Morgan fingerprint density at radius 3 is 1.78 bits per heavy atom. The third kappa shape index (κ3) is 4.42. The number of benzene rings is 2. The summed E-state index contributed by atoms with van der Waals surface area (Å²) >= 11 is 0. The smallest absolute Gasteiger partial charge is 0.239 e. The van der Waals surface area contributed by atoms with Crippen molar-refractivity contribution in [1.29, 1.82) is 0 Å². The van der Waals surface area contributed by atoms with Gasteiger partial charge in [0.15, 0.2) is 14.6 Å². The zero-order valence-corrected chi connectivity index (χ0v) is 16.6. The first-order chi connectivity index (χ1) is 12.7. The fourth-order valence-electron chi connectivity index (χ4n) is 2.72. The van der Waals surface area contributed by atoms with Crippen LogP contribution in [-0.2, 0) is 21.1 Å². The summed E-state index contributed by atoms with van der Waals surface area (Å²) in [5, 5.41) is 0. The molecule has 2 aromatic carbocycles. The summed E-state index contributed by atoms with van der Waals surface area (Å²) in [5.41, 5.74) is 6.21. The summed E-state index contributed by atoms with van der Waals surface area (Å²) in [4.78, 5) is 12.2. The number of amides is 1. The third-order valence-corrected chi connectivity index (χ3v) is 6.76. The molecular formula is C20H25NO5S. The summed E-state index contributed by atoms with van der Waals surface area (Å²) in [6, 6.07) is 12.9. The number of ether oxygens (including phenoxy) is 2. The summed E-state index contributed by atoms with van der Waals surface area (Å²) in [7, 11) is -4.01. The van der Waals surface area contributed by atoms with Gasteiger partial charge in [-0.1, -0.05) is 12.1 Å². The van der Waals surface area contributed by atoms with Gasteiger partial charge in [-0.2, -0.15) is 0 Å². The van der Waals surface area contributed by atoms with E-state index in [0.29, 0.717) is 30.3 Å². The second kappa shape index (κ2) is 8.43. The maximum atomic E-state index is 13.2. The number of hydrogen-bond donors (Lipinski definition) is 1. The largest absolute Gasteiger partial charge is 0.494 e. The molecule has 0 fully saturated rings.